The molecule has 1 aliphatic heterocycles. The van der Waals surface area contributed by atoms with Gasteiger partial charge < -0.3 is 19.5 Å². The molecule has 2 aromatic rings. The van der Waals surface area contributed by atoms with Gasteiger partial charge in [0.05, 0.1) is 36.2 Å². The van der Waals surface area contributed by atoms with Crippen molar-refractivity contribution < 1.29 is 14.4 Å². The third-order valence-electron chi connectivity index (χ3n) is 6.46. The highest BCUT2D eigenvalue weighted by molar-refractivity contribution is 5.78. The van der Waals surface area contributed by atoms with Crippen LogP contribution in [0.2, 0.25) is 0 Å². The average Bonchev–Trinajstić information content (AvgIpc) is 2.63. The number of likely N-dealkylation sites (tertiary alicyclic amines) is 1. The quantitative estimate of drug-likeness (QED) is 0.790. The number of fused-ring (bicyclic) bond motifs is 1. The number of pyridine rings is 2. The van der Waals surface area contributed by atoms with E-state index in [1.54, 1.807) is 23.7 Å². The van der Waals surface area contributed by atoms with E-state index in [0.717, 1.165) is 60.0 Å². The number of amides is 1. The van der Waals surface area contributed by atoms with Gasteiger partial charge in [0.1, 0.15) is 0 Å². The van der Waals surface area contributed by atoms with Crippen LogP contribution in [0.15, 0.2) is 29.2 Å². The molecule has 2 N–H and O–H groups in total. The number of aryl methyl sites for hydroxylation is 1. The molecule has 0 aromatic carbocycles. The molecule has 1 saturated heterocycles. The second kappa shape index (κ2) is 7.54. The fourth-order valence-corrected chi connectivity index (χ4v) is 4.54. The number of quaternary nitrogens is 1. The molecule has 0 saturated carbocycles. The lowest BCUT2D eigenvalue weighted by Crippen LogP contribution is -2.65. The van der Waals surface area contributed by atoms with E-state index in [0.29, 0.717) is 0 Å². The molecule has 7 nitrogen and oxygen atoms in total. The molecule has 0 atom stereocenters. The zero-order valence-electron chi connectivity index (χ0n) is 17.2. The molecule has 0 spiro atoms. The first-order chi connectivity index (χ1) is 13.1. The van der Waals surface area contributed by atoms with E-state index in [4.69, 9.17) is 5.11 Å². The molecule has 0 aliphatic carbocycles. The lowest BCUT2D eigenvalue weighted by atomic mass is 9.92. The maximum absolute atomic E-state index is 12.1. The highest BCUT2D eigenvalue weighted by atomic mass is 16.4. The first-order valence-electron chi connectivity index (χ1n) is 9.92. The summed E-state index contributed by atoms with van der Waals surface area (Å²) in [6, 6.07) is 5.40. The van der Waals surface area contributed by atoms with Gasteiger partial charge in [-0.05, 0) is 38.5 Å². The highest BCUT2D eigenvalue weighted by Gasteiger charge is 2.43. The summed E-state index contributed by atoms with van der Waals surface area (Å²) >= 11 is 0. The van der Waals surface area contributed by atoms with E-state index < -0.39 is 6.09 Å². The second-order valence-corrected chi connectivity index (χ2v) is 8.90. The fourth-order valence-electron chi connectivity index (χ4n) is 4.54. The van der Waals surface area contributed by atoms with E-state index in [2.05, 4.69) is 31.1 Å². The Morgan fingerprint density at radius 2 is 1.96 bits per heavy atom. The van der Waals surface area contributed by atoms with Crippen LogP contribution < -0.4 is 10.9 Å². The summed E-state index contributed by atoms with van der Waals surface area (Å²) in [6.45, 7) is 9.62. The van der Waals surface area contributed by atoms with E-state index in [1.165, 1.54) is 0 Å². The summed E-state index contributed by atoms with van der Waals surface area (Å²) in [6.07, 6.45) is 3.42. The number of piperidine rings is 1. The smallest absolute Gasteiger partial charge is 0.404 e. The summed E-state index contributed by atoms with van der Waals surface area (Å²) in [7, 11) is 1.80. The first-order valence-corrected chi connectivity index (χ1v) is 9.92. The molecule has 1 amide bonds. The van der Waals surface area contributed by atoms with Crippen molar-refractivity contribution in [1.82, 2.24) is 14.9 Å². The molecule has 0 radical (unpaired) electrons. The molecule has 0 unspecified atom stereocenters. The van der Waals surface area contributed by atoms with Gasteiger partial charge in [0, 0.05) is 44.6 Å². The number of hydrogen-bond donors (Lipinski definition) is 2. The van der Waals surface area contributed by atoms with Crippen molar-refractivity contribution in [2.45, 2.75) is 51.6 Å². The summed E-state index contributed by atoms with van der Waals surface area (Å²) in [5, 5.41) is 11.6. The average molecular weight is 388 g/mol. The number of carboxylic acid groups (broad SMARTS) is 1. The van der Waals surface area contributed by atoms with Crippen LogP contribution in [-0.2, 0) is 13.5 Å². The van der Waals surface area contributed by atoms with Gasteiger partial charge in [0.2, 0.25) is 0 Å². The highest BCUT2D eigenvalue weighted by Crippen LogP contribution is 2.31. The minimum Gasteiger partial charge on any atom is -0.465 e. The Labute approximate surface area is 165 Å². The Bertz CT molecular complexity index is 921. The van der Waals surface area contributed by atoms with Crippen molar-refractivity contribution >= 4 is 17.1 Å². The van der Waals surface area contributed by atoms with Crippen LogP contribution in [0.1, 0.15) is 39.2 Å². The summed E-state index contributed by atoms with van der Waals surface area (Å²) in [5.74, 6) is 0. The van der Waals surface area contributed by atoms with E-state index in [9.17, 15) is 9.59 Å². The van der Waals surface area contributed by atoms with Gasteiger partial charge in [-0.15, -0.1) is 0 Å². The van der Waals surface area contributed by atoms with E-state index in [-0.39, 0.29) is 17.1 Å². The van der Waals surface area contributed by atoms with Crippen LogP contribution in [0.25, 0.3) is 11.0 Å². The topological polar surface area (TPSA) is 84.2 Å². The number of nitrogens with zero attached hydrogens (tertiary/aromatic N) is 3. The molecule has 1 aliphatic rings. The minimum absolute atomic E-state index is 0.0259. The van der Waals surface area contributed by atoms with Gasteiger partial charge in [-0.25, -0.2) is 4.79 Å². The Kier molecular flexibility index (Phi) is 5.48. The second-order valence-electron chi connectivity index (χ2n) is 8.90. The minimum atomic E-state index is -0.940. The van der Waals surface area contributed by atoms with Gasteiger partial charge >= 0.3 is 6.09 Å². The standard InChI is InChI=1S/C21H30N4O3/c1-21(2,3)25(13-9-16(10-14-25)23-20(27)28)12-8-15-7-11-22-17-5-6-18(26)24(4)19(15)17/h5-7,11,16,23H,8-10,12-14H2,1-4H3/p+1. The molecule has 2 aromatic heterocycles. The largest absolute Gasteiger partial charge is 0.465 e. The maximum atomic E-state index is 12.1. The zero-order valence-corrected chi connectivity index (χ0v) is 17.2. The van der Waals surface area contributed by atoms with Crippen molar-refractivity contribution in [3.8, 4) is 0 Å². The van der Waals surface area contributed by atoms with Crippen molar-refractivity contribution in [3.05, 3.63) is 40.3 Å². The van der Waals surface area contributed by atoms with Crippen LogP contribution in [0.4, 0.5) is 4.79 Å². The predicted molar refractivity (Wildman–Crippen MR) is 109 cm³/mol. The van der Waals surface area contributed by atoms with E-state index in [1.807, 2.05) is 12.3 Å². The molecular weight excluding hydrogens is 356 g/mol. The lowest BCUT2D eigenvalue weighted by Gasteiger charge is -2.52. The molecule has 28 heavy (non-hydrogen) atoms. The van der Waals surface area contributed by atoms with Gasteiger partial charge in [0.25, 0.3) is 5.56 Å². The van der Waals surface area contributed by atoms with Crippen LogP contribution in [0.5, 0.6) is 0 Å². The van der Waals surface area contributed by atoms with Gasteiger partial charge in [-0.2, -0.15) is 0 Å². The third-order valence-corrected chi connectivity index (χ3v) is 6.46. The summed E-state index contributed by atoms with van der Waals surface area (Å²) in [4.78, 5) is 27.5. The van der Waals surface area contributed by atoms with Crippen LogP contribution in [-0.4, -0.2) is 56.4 Å². The Morgan fingerprint density at radius 1 is 1.29 bits per heavy atom. The lowest BCUT2D eigenvalue weighted by molar-refractivity contribution is -0.974. The maximum Gasteiger partial charge on any atom is 0.404 e. The molecule has 152 valence electrons. The van der Waals surface area contributed by atoms with Crippen LogP contribution in [0.3, 0.4) is 0 Å². The number of rotatable bonds is 4. The van der Waals surface area contributed by atoms with Gasteiger partial charge in [-0.1, -0.05) is 0 Å². The normalized spacial score (nSPS) is 22.9. The molecule has 0 bridgehead atoms. The van der Waals surface area contributed by atoms with Gasteiger partial charge in [-0.3, -0.25) is 9.78 Å². The van der Waals surface area contributed by atoms with Gasteiger partial charge in [0.15, 0.2) is 0 Å². The van der Waals surface area contributed by atoms with Crippen molar-refractivity contribution in [2.75, 3.05) is 19.6 Å². The molecule has 1 fully saturated rings. The van der Waals surface area contributed by atoms with Crippen LogP contribution in [0, 0.1) is 0 Å². The molecule has 3 rings (SSSR count). The summed E-state index contributed by atoms with van der Waals surface area (Å²) in [5.41, 5.74) is 2.92. The zero-order chi connectivity index (χ0) is 20.5. The van der Waals surface area contributed by atoms with Crippen molar-refractivity contribution in [3.63, 3.8) is 0 Å². The summed E-state index contributed by atoms with van der Waals surface area (Å²) < 4.78 is 2.62. The number of nitrogens with one attached hydrogen (secondary N) is 1. The van der Waals surface area contributed by atoms with Crippen LogP contribution >= 0.6 is 0 Å². The number of aromatic nitrogens is 2. The SMILES string of the molecule is Cn1c(=O)ccc2nccc(CC[N+]3(C(C)(C)C)CCC(NC(=O)O)CC3)c21. The predicted octanol–water partition coefficient (Wildman–Crippen LogP) is 2.52. The molecular formula is C21H31N4O3+. The Morgan fingerprint density at radius 3 is 2.57 bits per heavy atom. The molecule has 7 heteroatoms. The Balaban J connectivity index is 1.85. The number of carbonyl (C=O) groups is 1. The Hall–Kier alpha value is -2.41. The third kappa shape index (κ3) is 3.90. The van der Waals surface area contributed by atoms with Crippen molar-refractivity contribution in [2.24, 2.45) is 7.05 Å². The molecule has 3 heterocycles. The van der Waals surface area contributed by atoms with Crippen molar-refractivity contribution in [1.29, 1.82) is 0 Å². The first kappa shape index (κ1) is 20.3. The number of hydrogen-bond acceptors (Lipinski definition) is 3. The fraction of sp³-hybridized carbons (Fsp3) is 0.571. The monoisotopic (exact) mass is 387 g/mol. The van der Waals surface area contributed by atoms with E-state index >= 15 is 0 Å².